The van der Waals surface area contributed by atoms with Crippen molar-refractivity contribution >= 4 is 0 Å². The third kappa shape index (κ3) is 2.44. The van der Waals surface area contributed by atoms with Gasteiger partial charge < -0.3 is 10.5 Å². The lowest BCUT2D eigenvalue weighted by Gasteiger charge is -2.52. The first kappa shape index (κ1) is 13.5. The summed E-state index contributed by atoms with van der Waals surface area (Å²) >= 11 is 0. The standard InChI is InChI=1S/C15H24N2O/c1-12-6-4-5-7-13(12)10-17(2)15(11-16)8-14(9-15)18-3/h4-7,14H,8-11,16H2,1-3H3. The summed E-state index contributed by atoms with van der Waals surface area (Å²) in [7, 11) is 3.96. The van der Waals surface area contributed by atoms with Crippen LogP contribution >= 0.6 is 0 Å². The molecular weight excluding hydrogens is 224 g/mol. The lowest BCUT2D eigenvalue weighted by atomic mass is 9.73. The fourth-order valence-corrected chi connectivity index (χ4v) is 2.80. The predicted octanol–water partition coefficient (Wildman–Crippen LogP) is 1.93. The minimum Gasteiger partial charge on any atom is -0.381 e. The van der Waals surface area contributed by atoms with E-state index in [0.717, 1.165) is 19.4 Å². The molecule has 0 aliphatic heterocycles. The first-order valence-electron chi connectivity index (χ1n) is 6.60. The van der Waals surface area contributed by atoms with Gasteiger partial charge in [-0.3, -0.25) is 4.90 Å². The minimum atomic E-state index is 0.128. The van der Waals surface area contributed by atoms with Gasteiger partial charge in [0.1, 0.15) is 0 Å². The minimum absolute atomic E-state index is 0.128. The molecule has 1 aliphatic carbocycles. The Labute approximate surface area is 110 Å². The molecule has 0 bridgehead atoms. The first-order chi connectivity index (χ1) is 8.61. The maximum Gasteiger partial charge on any atom is 0.0607 e. The van der Waals surface area contributed by atoms with E-state index in [-0.39, 0.29) is 5.54 Å². The van der Waals surface area contributed by atoms with E-state index in [2.05, 4.69) is 43.1 Å². The normalized spacial score (nSPS) is 27.3. The molecule has 2 rings (SSSR count). The Morgan fingerprint density at radius 2 is 2.06 bits per heavy atom. The Morgan fingerprint density at radius 1 is 1.39 bits per heavy atom. The van der Waals surface area contributed by atoms with Crippen molar-refractivity contribution in [2.45, 2.75) is 38.0 Å². The Balaban J connectivity index is 2.03. The molecule has 0 unspecified atom stereocenters. The summed E-state index contributed by atoms with van der Waals surface area (Å²) in [6, 6.07) is 8.55. The van der Waals surface area contributed by atoms with E-state index >= 15 is 0 Å². The van der Waals surface area contributed by atoms with Crippen LogP contribution in [0.2, 0.25) is 0 Å². The van der Waals surface area contributed by atoms with Gasteiger partial charge in [0.15, 0.2) is 0 Å². The summed E-state index contributed by atoms with van der Waals surface area (Å²) in [5.74, 6) is 0. The molecule has 0 radical (unpaired) electrons. The number of likely N-dealkylation sites (N-methyl/N-ethyl adjacent to an activating group) is 1. The summed E-state index contributed by atoms with van der Waals surface area (Å²) in [6.07, 6.45) is 2.47. The third-order valence-corrected chi connectivity index (χ3v) is 4.41. The van der Waals surface area contributed by atoms with E-state index in [1.54, 1.807) is 7.11 Å². The zero-order valence-electron chi connectivity index (χ0n) is 11.6. The molecule has 2 N–H and O–H groups in total. The second kappa shape index (κ2) is 5.39. The fraction of sp³-hybridized carbons (Fsp3) is 0.600. The number of hydrogen-bond donors (Lipinski definition) is 1. The van der Waals surface area contributed by atoms with E-state index in [0.29, 0.717) is 12.6 Å². The molecule has 0 saturated heterocycles. The van der Waals surface area contributed by atoms with E-state index in [1.807, 2.05) is 0 Å². The highest BCUT2D eigenvalue weighted by molar-refractivity contribution is 5.25. The number of benzene rings is 1. The van der Waals surface area contributed by atoms with Gasteiger partial charge in [-0.05, 0) is 37.9 Å². The highest BCUT2D eigenvalue weighted by Crippen LogP contribution is 2.38. The van der Waals surface area contributed by atoms with Gasteiger partial charge in [0.2, 0.25) is 0 Å². The van der Waals surface area contributed by atoms with Crippen LogP contribution in [0.25, 0.3) is 0 Å². The van der Waals surface area contributed by atoms with Gasteiger partial charge in [0.05, 0.1) is 6.10 Å². The second-order valence-electron chi connectivity index (χ2n) is 5.48. The van der Waals surface area contributed by atoms with Gasteiger partial charge in [-0.25, -0.2) is 0 Å². The maximum atomic E-state index is 5.98. The summed E-state index contributed by atoms with van der Waals surface area (Å²) in [5.41, 5.74) is 8.84. The van der Waals surface area contributed by atoms with Crippen LogP contribution < -0.4 is 5.73 Å². The smallest absolute Gasteiger partial charge is 0.0607 e. The Morgan fingerprint density at radius 3 is 2.61 bits per heavy atom. The van der Waals surface area contributed by atoms with Crippen molar-refractivity contribution in [3.05, 3.63) is 35.4 Å². The van der Waals surface area contributed by atoms with Crippen LogP contribution in [0.15, 0.2) is 24.3 Å². The van der Waals surface area contributed by atoms with Crippen molar-refractivity contribution in [3.8, 4) is 0 Å². The highest BCUT2D eigenvalue weighted by atomic mass is 16.5. The highest BCUT2D eigenvalue weighted by Gasteiger charge is 2.46. The molecule has 0 amide bonds. The van der Waals surface area contributed by atoms with E-state index < -0.39 is 0 Å². The Hall–Kier alpha value is -0.900. The molecule has 3 heteroatoms. The number of ether oxygens (including phenoxy) is 1. The van der Waals surface area contributed by atoms with Gasteiger partial charge >= 0.3 is 0 Å². The number of hydrogen-bond acceptors (Lipinski definition) is 3. The molecule has 0 spiro atoms. The van der Waals surface area contributed by atoms with Gasteiger partial charge in [-0.2, -0.15) is 0 Å². The molecule has 1 fully saturated rings. The van der Waals surface area contributed by atoms with Gasteiger partial charge in [-0.15, -0.1) is 0 Å². The molecule has 1 aromatic carbocycles. The number of aryl methyl sites for hydroxylation is 1. The summed E-state index contributed by atoms with van der Waals surface area (Å²) in [5, 5.41) is 0. The molecule has 0 atom stereocenters. The molecule has 100 valence electrons. The fourth-order valence-electron chi connectivity index (χ4n) is 2.80. The van der Waals surface area contributed by atoms with Crippen molar-refractivity contribution in [2.75, 3.05) is 20.7 Å². The molecule has 3 nitrogen and oxygen atoms in total. The topological polar surface area (TPSA) is 38.5 Å². The van der Waals surface area contributed by atoms with Gasteiger partial charge in [-0.1, -0.05) is 24.3 Å². The predicted molar refractivity (Wildman–Crippen MR) is 74.5 cm³/mol. The molecule has 1 saturated carbocycles. The van der Waals surface area contributed by atoms with Crippen LogP contribution in [0, 0.1) is 6.92 Å². The van der Waals surface area contributed by atoms with Crippen molar-refractivity contribution in [3.63, 3.8) is 0 Å². The van der Waals surface area contributed by atoms with Crippen LogP contribution in [0.1, 0.15) is 24.0 Å². The van der Waals surface area contributed by atoms with Crippen molar-refractivity contribution in [1.82, 2.24) is 4.90 Å². The number of nitrogens with zero attached hydrogens (tertiary/aromatic N) is 1. The molecule has 1 aliphatic rings. The summed E-state index contributed by atoms with van der Waals surface area (Å²) in [4.78, 5) is 2.39. The molecule has 1 aromatic rings. The number of nitrogens with two attached hydrogens (primary N) is 1. The first-order valence-corrected chi connectivity index (χ1v) is 6.60. The van der Waals surface area contributed by atoms with Gasteiger partial charge in [0.25, 0.3) is 0 Å². The largest absolute Gasteiger partial charge is 0.381 e. The monoisotopic (exact) mass is 248 g/mol. The van der Waals surface area contributed by atoms with Crippen LogP contribution in [-0.4, -0.2) is 37.2 Å². The van der Waals surface area contributed by atoms with Crippen molar-refractivity contribution < 1.29 is 4.74 Å². The van der Waals surface area contributed by atoms with Crippen LogP contribution in [0.5, 0.6) is 0 Å². The van der Waals surface area contributed by atoms with E-state index in [1.165, 1.54) is 11.1 Å². The molecule has 0 aromatic heterocycles. The average molecular weight is 248 g/mol. The maximum absolute atomic E-state index is 5.98. The Bertz CT molecular complexity index is 399. The van der Waals surface area contributed by atoms with E-state index in [4.69, 9.17) is 10.5 Å². The zero-order valence-corrected chi connectivity index (χ0v) is 11.6. The molecule has 0 heterocycles. The van der Waals surface area contributed by atoms with Crippen LogP contribution in [-0.2, 0) is 11.3 Å². The number of methoxy groups -OCH3 is 1. The summed E-state index contributed by atoms with van der Waals surface area (Å²) in [6.45, 7) is 3.83. The summed E-state index contributed by atoms with van der Waals surface area (Å²) < 4.78 is 5.39. The quantitative estimate of drug-likeness (QED) is 0.865. The Kier molecular flexibility index (Phi) is 4.05. The third-order valence-electron chi connectivity index (χ3n) is 4.41. The average Bonchev–Trinajstić information content (AvgIpc) is 2.32. The lowest BCUT2D eigenvalue weighted by molar-refractivity contribution is -0.0812. The van der Waals surface area contributed by atoms with E-state index in [9.17, 15) is 0 Å². The molecule has 18 heavy (non-hydrogen) atoms. The van der Waals surface area contributed by atoms with Crippen LogP contribution in [0.4, 0.5) is 0 Å². The van der Waals surface area contributed by atoms with Crippen molar-refractivity contribution in [2.24, 2.45) is 5.73 Å². The van der Waals surface area contributed by atoms with Crippen LogP contribution in [0.3, 0.4) is 0 Å². The van der Waals surface area contributed by atoms with Crippen molar-refractivity contribution in [1.29, 1.82) is 0 Å². The lowest BCUT2D eigenvalue weighted by Crippen LogP contribution is -2.62. The SMILES string of the molecule is COC1CC(CN)(N(C)Cc2ccccc2C)C1. The second-order valence-corrected chi connectivity index (χ2v) is 5.48. The molecular formula is C15H24N2O. The van der Waals surface area contributed by atoms with Gasteiger partial charge in [0, 0.05) is 25.7 Å². The number of rotatable bonds is 5. The zero-order chi connectivity index (χ0) is 13.2.